The predicted molar refractivity (Wildman–Crippen MR) is 183 cm³/mol. The highest BCUT2D eigenvalue weighted by Crippen LogP contribution is 2.29. The maximum atomic E-state index is 14.5. The minimum absolute atomic E-state index is 0.0267. The fraction of sp³-hybridized carbons (Fsp3) is 0.257. The Morgan fingerprint density at radius 3 is 1.98 bits per heavy atom. The number of amides is 2. The van der Waals surface area contributed by atoms with Gasteiger partial charge in [-0.05, 0) is 60.0 Å². The molecule has 242 valence electrons. The molecule has 8 nitrogen and oxygen atoms in total. The van der Waals surface area contributed by atoms with Crippen molar-refractivity contribution in [1.29, 1.82) is 0 Å². The number of carbonyl (C=O) groups excluding carboxylic acids is 2. The van der Waals surface area contributed by atoms with Gasteiger partial charge in [0.15, 0.2) is 0 Å². The van der Waals surface area contributed by atoms with E-state index in [9.17, 15) is 18.0 Å². The van der Waals surface area contributed by atoms with Crippen LogP contribution in [0, 0.1) is 5.92 Å². The zero-order chi connectivity index (χ0) is 33.3. The van der Waals surface area contributed by atoms with Crippen LogP contribution in [0.25, 0.3) is 0 Å². The molecule has 0 bridgehead atoms. The van der Waals surface area contributed by atoms with Crippen molar-refractivity contribution in [2.24, 2.45) is 5.92 Å². The normalized spacial score (nSPS) is 12.0. The first-order valence-electron chi connectivity index (χ1n) is 14.8. The molecule has 11 heteroatoms. The van der Waals surface area contributed by atoms with Crippen LogP contribution in [0.2, 0.25) is 10.0 Å². The minimum Gasteiger partial charge on any atom is -0.497 e. The number of nitrogens with one attached hydrogen (secondary N) is 1. The number of hydrogen-bond donors (Lipinski definition) is 1. The molecule has 0 aromatic heterocycles. The van der Waals surface area contributed by atoms with Gasteiger partial charge in [0.05, 0.1) is 17.7 Å². The van der Waals surface area contributed by atoms with Crippen LogP contribution in [0.3, 0.4) is 0 Å². The lowest BCUT2D eigenvalue weighted by Gasteiger charge is -2.34. The summed E-state index contributed by atoms with van der Waals surface area (Å²) in [5.41, 5.74) is 1.55. The maximum absolute atomic E-state index is 14.5. The fourth-order valence-corrected chi connectivity index (χ4v) is 6.76. The highest BCUT2D eigenvalue weighted by molar-refractivity contribution is 7.92. The molecule has 0 spiro atoms. The van der Waals surface area contributed by atoms with E-state index < -0.39 is 28.5 Å². The molecular formula is C35H37Cl2N3O5S. The van der Waals surface area contributed by atoms with Crippen molar-refractivity contribution < 1.29 is 22.7 Å². The summed E-state index contributed by atoms with van der Waals surface area (Å²) in [6.45, 7) is 3.61. The summed E-state index contributed by atoms with van der Waals surface area (Å²) in [5.74, 6) is -0.345. The number of ether oxygens (including phenoxy) is 1. The molecule has 1 N–H and O–H groups in total. The zero-order valence-corrected chi connectivity index (χ0v) is 28.2. The van der Waals surface area contributed by atoms with Crippen molar-refractivity contribution in [3.8, 4) is 5.75 Å². The SMILES string of the molecule is COc1ccc(S(=O)(=O)N(CC(=O)N(Cc2c(Cl)cccc2Cl)[C@@H](Cc2ccccc2)C(=O)NCC(C)C)c2ccccc2)cc1. The Kier molecular flexibility index (Phi) is 12.1. The van der Waals surface area contributed by atoms with Crippen molar-refractivity contribution in [2.45, 2.75) is 37.8 Å². The van der Waals surface area contributed by atoms with Crippen LogP contribution in [0.5, 0.6) is 5.75 Å². The number of carbonyl (C=O) groups is 2. The highest BCUT2D eigenvalue weighted by atomic mass is 35.5. The molecule has 0 saturated carbocycles. The van der Waals surface area contributed by atoms with Gasteiger partial charge < -0.3 is 15.0 Å². The van der Waals surface area contributed by atoms with Gasteiger partial charge in [-0.25, -0.2) is 8.42 Å². The third kappa shape index (κ3) is 8.81. The molecule has 4 aromatic carbocycles. The molecule has 0 fully saturated rings. The number of para-hydroxylation sites is 1. The third-order valence-corrected chi connectivity index (χ3v) is 9.81. The largest absolute Gasteiger partial charge is 0.497 e. The van der Waals surface area contributed by atoms with E-state index in [0.717, 1.165) is 9.87 Å². The maximum Gasteiger partial charge on any atom is 0.264 e. The molecule has 0 saturated heterocycles. The van der Waals surface area contributed by atoms with Crippen molar-refractivity contribution in [3.63, 3.8) is 0 Å². The predicted octanol–water partition coefficient (Wildman–Crippen LogP) is 6.61. The number of halogens is 2. The van der Waals surface area contributed by atoms with Crippen LogP contribution in [-0.2, 0) is 32.6 Å². The van der Waals surface area contributed by atoms with E-state index in [1.54, 1.807) is 60.7 Å². The highest BCUT2D eigenvalue weighted by Gasteiger charge is 2.35. The molecule has 0 unspecified atom stereocenters. The van der Waals surface area contributed by atoms with Crippen molar-refractivity contribution in [2.75, 3.05) is 24.5 Å². The average Bonchev–Trinajstić information content (AvgIpc) is 3.06. The molecule has 0 aliphatic heterocycles. The topological polar surface area (TPSA) is 96.0 Å². The third-order valence-electron chi connectivity index (χ3n) is 7.32. The van der Waals surface area contributed by atoms with Crippen molar-refractivity contribution in [1.82, 2.24) is 10.2 Å². The summed E-state index contributed by atoms with van der Waals surface area (Å²) in [6, 6.07) is 27.6. The van der Waals surface area contributed by atoms with Crippen LogP contribution >= 0.6 is 23.2 Å². The molecule has 1 atom stereocenters. The van der Waals surface area contributed by atoms with Gasteiger partial charge in [-0.15, -0.1) is 0 Å². The molecular weight excluding hydrogens is 645 g/mol. The van der Waals surface area contributed by atoms with Gasteiger partial charge >= 0.3 is 0 Å². The Balaban J connectivity index is 1.81. The van der Waals surface area contributed by atoms with E-state index in [1.807, 2.05) is 44.2 Å². The molecule has 0 radical (unpaired) electrons. The summed E-state index contributed by atoms with van der Waals surface area (Å²) < 4.78 is 34.5. The van der Waals surface area contributed by atoms with Gasteiger partial charge in [-0.2, -0.15) is 0 Å². The molecule has 4 aromatic rings. The summed E-state index contributed by atoms with van der Waals surface area (Å²) in [4.78, 5) is 29.8. The first-order valence-corrected chi connectivity index (χ1v) is 17.0. The van der Waals surface area contributed by atoms with Crippen LogP contribution in [0.1, 0.15) is 25.0 Å². The number of rotatable bonds is 14. The molecule has 0 heterocycles. The van der Waals surface area contributed by atoms with Gasteiger partial charge in [0, 0.05) is 35.1 Å². The molecule has 46 heavy (non-hydrogen) atoms. The monoisotopic (exact) mass is 681 g/mol. The van der Waals surface area contributed by atoms with Crippen molar-refractivity contribution >= 4 is 50.7 Å². The smallest absolute Gasteiger partial charge is 0.264 e. The van der Waals surface area contributed by atoms with Crippen LogP contribution in [-0.4, -0.2) is 51.4 Å². The Morgan fingerprint density at radius 2 is 1.41 bits per heavy atom. The molecule has 2 amide bonds. The second-order valence-corrected chi connectivity index (χ2v) is 13.8. The zero-order valence-electron chi connectivity index (χ0n) is 25.9. The van der Waals surface area contributed by atoms with E-state index >= 15 is 0 Å². The lowest BCUT2D eigenvalue weighted by molar-refractivity contribution is -0.140. The average molecular weight is 683 g/mol. The number of sulfonamides is 1. The lowest BCUT2D eigenvalue weighted by atomic mass is 10.0. The first-order chi connectivity index (χ1) is 22.0. The number of hydrogen-bond acceptors (Lipinski definition) is 5. The second-order valence-electron chi connectivity index (χ2n) is 11.1. The van der Waals surface area contributed by atoms with E-state index in [1.165, 1.54) is 24.1 Å². The molecule has 0 aliphatic carbocycles. The Morgan fingerprint density at radius 1 is 0.826 bits per heavy atom. The van der Waals surface area contributed by atoms with Gasteiger partial charge in [0.25, 0.3) is 10.0 Å². The number of benzene rings is 4. The van der Waals surface area contributed by atoms with Gasteiger partial charge in [-0.3, -0.25) is 13.9 Å². The Labute approximate surface area is 280 Å². The summed E-state index contributed by atoms with van der Waals surface area (Å²) in [7, 11) is -2.76. The van der Waals surface area contributed by atoms with E-state index in [2.05, 4.69) is 5.32 Å². The lowest BCUT2D eigenvalue weighted by Crippen LogP contribution is -2.53. The number of methoxy groups -OCH3 is 1. The van der Waals surface area contributed by atoms with Gasteiger partial charge in [-0.1, -0.05) is 91.6 Å². The number of anilines is 1. The summed E-state index contributed by atoms with van der Waals surface area (Å²) >= 11 is 13.1. The fourth-order valence-electron chi connectivity index (χ4n) is 4.83. The van der Waals surface area contributed by atoms with Gasteiger partial charge in [0.1, 0.15) is 18.3 Å². The second kappa shape index (κ2) is 16.0. The standard InChI is InChI=1S/C35H37Cl2N3O5S/c1-25(2)22-38-35(42)33(21-26-11-6-4-7-12-26)39(23-30-31(36)15-10-16-32(30)37)34(41)24-40(27-13-8-5-9-14-27)46(43,44)29-19-17-28(45-3)18-20-29/h4-20,25,33H,21-24H2,1-3H3,(H,38,42)/t33-/m0/s1. The van der Waals surface area contributed by atoms with Crippen LogP contribution in [0.4, 0.5) is 5.69 Å². The van der Waals surface area contributed by atoms with Crippen LogP contribution < -0.4 is 14.4 Å². The van der Waals surface area contributed by atoms with E-state index in [-0.39, 0.29) is 35.4 Å². The summed E-state index contributed by atoms with van der Waals surface area (Å²) in [5, 5.41) is 3.60. The van der Waals surface area contributed by atoms with E-state index in [0.29, 0.717) is 27.9 Å². The van der Waals surface area contributed by atoms with E-state index in [4.69, 9.17) is 27.9 Å². The minimum atomic E-state index is -4.25. The number of nitrogens with zero attached hydrogens (tertiary/aromatic N) is 2. The summed E-state index contributed by atoms with van der Waals surface area (Å²) in [6.07, 6.45) is 0.176. The molecule has 4 rings (SSSR count). The van der Waals surface area contributed by atoms with Gasteiger partial charge in [0.2, 0.25) is 11.8 Å². The Bertz CT molecular complexity index is 1700. The van der Waals surface area contributed by atoms with Crippen molar-refractivity contribution in [3.05, 3.63) is 124 Å². The first kappa shape index (κ1) is 34.8. The Hall–Kier alpha value is -4.05. The quantitative estimate of drug-likeness (QED) is 0.162. The molecule has 0 aliphatic rings. The van der Waals surface area contributed by atoms with Crippen LogP contribution in [0.15, 0.2) is 108 Å².